The average molecular weight is 435 g/mol. The van der Waals surface area contributed by atoms with Gasteiger partial charge in [-0.15, -0.1) is 0 Å². The molecule has 0 saturated heterocycles. The predicted octanol–water partition coefficient (Wildman–Crippen LogP) is 6.21. The highest BCUT2D eigenvalue weighted by molar-refractivity contribution is 5.13. The number of fused-ring (bicyclic) bond motifs is 5. The molecule has 0 bridgehead atoms. The second-order valence-electron chi connectivity index (χ2n) is 13.8. The molecule has 0 aromatic carbocycles. The minimum Gasteiger partial charge on any atom is -0.390 e. The number of hydrogen-bond acceptors (Lipinski definition) is 3. The summed E-state index contributed by atoms with van der Waals surface area (Å²) in [6.07, 6.45) is 12.0. The second kappa shape index (κ2) is 7.98. The van der Waals surface area contributed by atoms with Crippen LogP contribution in [0.5, 0.6) is 0 Å². The van der Waals surface area contributed by atoms with Crippen LogP contribution >= 0.6 is 0 Å². The van der Waals surface area contributed by atoms with Crippen molar-refractivity contribution in [3.05, 3.63) is 0 Å². The first-order chi connectivity index (χ1) is 14.3. The van der Waals surface area contributed by atoms with E-state index in [0.717, 1.165) is 49.9 Å². The van der Waals surface area contributed by atoms with Crippen LogP contribution in [0, 0.1) is 46.3 Å². The van der Waals surface area contributed by atoms with Crippen molar-refractivity contribution in [2.24, 2.45) is 46.3 Å². The summed E-state index contributed by atoms with van der Waals surface area (Å²) in [7, 11) is 1.96. The SMILES string of the molecule is CO[C@H]1C[C@]2(C)[C@@H]([C@H](C)CCC(C)(C)O)CC[C@H]2[C@@H]2CC[C@H]3C[C@@](C)(O)CC[C@]3(C)[C@H]21. The van der Waals surface area contributed by atoms with Gasteiger partial charge in [-0.3, -0.25) is 0 Å². The van der Waals surface area contributed by atoms with Gasteiger partial charge in [0.25, 0.3) is 0 Å². The van der Waals surface area contributed by atoms with Crippen molar-refractivity contribution in [2.75, 3.05) is 7.11 Å². The van der Waals surface area contributed by atoms with E-state index in [1.807, 2.05) is 21.0 Å². The molecule has 0 aromatic rings. The lowest BCUT2D eigenvalue weighted by atomic mass is 9.43. The second-order valence-corrected chi connectivity index (χ2v) is 13.8. The number of aliphatic hydroxyl groups is 2. The van der Waals surface area contributed by atoms with Crippen molar-refractivity contribution < 1.29 is 14.9 Å². The van der Waals surface area contributed by atoms with Crippen molar-refractivity contribution in [1.82, 2.24) is 0 Å². The van der Waals surface area contributed by atoms with Gasteiger partial charge in [0.05, 0.1) is 17.3 Å². The highest BCUT2D eigenvalue weighted by atomic mass is 16.5. The van der Waals surface area contributed by atoms with Gasteiger partial charge in [-0.1, -0.05) is 20.8 Å². The highest BCUT2D eigenvalue weighted by Gasteiger charge is 2.64. The van der Waals surface area contributed by atoms with Crippen LogP contribution in [0.3, 0.4) is 0 Å². The number of methoxy groups -OCH3 is 1. The first kappa shape index (κ1) is 24.0. The Labute approximate surface area is 191 Å². The molecule has 4 rings (SSSR count). The van der Waals surface area contributed by atoms with Crippen LogP contribution in [-0.4, -0.2) is 34.6 Å². The zero-order chi connectivity index (χ0) is 22.8. The summed E-state index contributed by atoms with van der Waals surface area (Å²) >= 11 is 0. The molecule has 4 aliphatic carbocycles. The molecule has 0 heterocycles. The normalized spacial score (nSPS) is 51.0. The molecule has 0 spiro atoms. The fourth-order valence-electron chi connectivity index (χ4n) is 9.50. The minimum atomic E-state index is -0.560. The maximum Gasteiger partial charge on any atom is 0.0622 e. The Morgan fingerprint density at radius 3 is 2.35 bits per heavy atom. The van der Waals surface area contributed by atoms with Gasteiger partial charge < -0.3 is 14.9 Å². The molecule has 3 heteroatoms. The Hall–Kier alpha value is -0.120. The molecular formula is C28H50O3. The van der Waals surface area contributed by atoms with E-state index in [1.54, 1.807) is 0 Å². The fourth-order valence-corrected chi connectivity index (χ4v) is 9.50. The zero-order valence-electron chi connectivity index (χ0n) is 21.4. The number of hydrogen-bond donors (Lipinski definition) is 2. The topological polar surface area (TPSA) is 49.7 Å². The molecular weight excluding hydrogens is 384 g/mol. The van der Waals surface area contributed by atoms with E-state index < -0.39 is 11.2 Å². The first-order valence-electron chi connectivity index (χ1n) is 13.3. The minimum absolute atomic E-state index is 0.317. The molecule has 4 aliphatic rings. The Morgan fingerprint density at radius 1 is 1.00 bits per heavy atom. The number of ether oxygens (including phenoxy) is 1. The van der Waals surface area contributed by atoms with Gasteiger partial charge in [0.1, 0.15) is 0 Å². The quantitative estimate of drug-likeness (QED) is 0.541. The molecule has 10 atom stereocenters. The molecule has 180 valence electrons. The standard InChI is InChI=1S/C28H50O3/c1-18(12-13-25(2,3)29)21-10-11-22-20-9-8-19-16-26(4,30)14-15-27(19,5)24(20)23(31-7)17-28(21,22)6/h18-24,29-30H,8-17H2,1-7H3/t18-,19+,20+,21-,22+,23+,24-,26+,27+,28-/m1/s1. The lowest BCUT2D eigenvalue weighted by molar-refractivity contribution is -0.197. The van der Waals surface area contributed by atoms with Crippen LogP contribution in [-0.2, 0) is 4.74 Å². The molecule has 0 radical (unpaired) electrons. The predicted molar refractivity (Wildman–Crippen MR) is 127 cm³/mol. The van der Waals surface area contributed by atoms with E-state index in [-0.39, 0.29) is 0 Å². The van der Waals surface area contributed by atoms with Gasteiger partial charge in [-0.05, 0) is 131 Å². The lowest BCUT2D eigenvalue weighted by Crippen LogP contribution is -2.60. The fraction of sp³-hybridized carbons (Fsp3) is 1.00. The summed E-state index contributed by atoms with van der Waals surface area (Å²) in [5, 5.41) is 21.1. The van der Waals surface area contributed by atoms with Crippen molar-refractivity contribution in [2.45, 2.75) is 123 Å². The monoisotopic (exact) mass is 434 g/mol. The zero-order valence-corrected chi connectivity index (χ0v) is 21.4. The largest absolute Gasteiger partial charge is 0.390 e. The Morgan fingerprint density at radius 2 is 1.71 bits per heavy atom. The first-order valence-corrected chi connectivity index (χ1v) is 13.3. The van der Waals surface area contributed by atoms with Crippen LogP contribution in [0.15, 0.2) is 0 Å². The summed E-state index contributed by atoms with van der Waals surface area (Å²) in [5.41, 5.74) is -0.353. The van der Waals surface area contributed by atoms with Crippen LogP contribution < -0.4 is 0 Å². The average Bonchev–Trinajstić information content (AvgIpc) is 3.02. The molecule has 2 N–H and O–H groups in total. The summed E-state index contributed by atoms with van der Waals surface area (Å²) in [5.74, 6) is 4.29. The summed E-state index contributed by atoms with van der Waals surface area (Å²) in [4.78, 5) is 0. The molecule has 3 nitrogen and oxygen atoms in total. The molecule has 0 aliphatic heterocycles. The Kier molecular flexibility index (Phi) is 6.18. The van der Waals surface area contributed by atoms with Crippen molar-refractivity contribution >= 4 is 0 Å². The molecule has 4 fully saturated rings. The highest BCUT2D eigenvalue weighted by Crippen LogP contribution is 2.69. The van der Waals surface area contributed by atoms with Gasteiger partial charge in [-0.2, -0.15) is 0 Å². The van der Waals surface area contributed by atoms with Crippen LogP contribution in [0.25, 0.3) is 0 Å². The smallest absolute Gasteiger partial charge is 0.0622 e. The van der Waals surface area contributed by atoms with Gasteiger partial charge in [0.2, 0.25) is 0 Å². The maximum atomic E-state index is 10.8. The lowest BCUT2D eigenvalue weighted by Gasteiger charge is -2.64. The molecule has 0 aromatic heterocycles. The van der Waals surface area contributed by atoms with Gasteiger partial charge in [0, 0.05) is 7.11 Å². The number of rotatable bonds is 5. The van der Waals surface area contributed by atoms with E-state index in [9.17, 15) is 10.2 Å². The third kappa shape index (κ3) is 4.14. The van der Waals surface area contributed by atoms with Gasteiger partial charge in [0.15, 0.2) is 0 Å². The van der Waals surface area contributed by atoms with Crippen LogP contribution in [0.2, 0.25) is 0 Å². The van der Waals surface area contributed by atoms with Gasteiger partial charge >= 0.3 is 0 Å². The van der Waals surface area contributed by atoms with E-state index >= 15 is 0 Å². The van der Waals surface area contributed by atoms with E-state index in [1.165, 1.54) is 32.1 Å². The third-order valence-electron chi connectivity index (χ3n) is 11.1. The molecule has 31 heavy (non-hydrogen) atoms. The Bertz CT molecular complexity index is 651. The van der Waals surface area contributed by atoms with Crippen molar-refractivity contribution in [1.29, 1.82) is 0 Å². The summed E-state index contributed by atoms with van der Waals surface area (Å²) < 4.78 is 6.34. The maximum absolute atomic E-state index is 10.8. The van der Waals surface area contributed by atoms with E-state index in [2.05, 4.69) is 27.7 Å². The molecule has 0 amide bonds. The Balaban J connectivity index is 1.58. The third-order valence-corrected chi connectivity index (χ3v) is 11.1. The summed E-state index contributed by atoms with van der Waals surface area (Å²) in [6.45, 7) is 13.5. The molecule has 0 unspecified atom stereocenters. The van der Waals surface area contributed by atoms with Crippen molar-refractivity contribution in [3.8, 4) is 0 Å². The van der Waals surface area contributed by atoms with E-state index in [0.29, 0.717) is 34.7 Å². The summed E-state index contributed by atoms with van der Waals surface area (Å²) in [6, 6.07) is 0. The van der Waals surface area contributed by atoms with Crippen LogP contribution in [0.4, 0.5) is 0 Å². The van der Waals surface area contributed by atoms with Crippen LogP contribution in [0.1, 0.15) is 106 Å². The van der Waals surface area contributed by atoms with Crippen molar-refractivity contribution in [3.63, 3.8) is 0 Å². The van der Waals surface area contributed by atoms with Gasteiger partial charge in [-0.25, -0.2) is 0 Å². The molecule has 4 saturated carbocycles. The van der Waals surface area contributed by atoms with E-state index in [4.69, 9.17) is 4.74 Å².